The smallest absolute Gasteiger partial charge is 0.303 e. The number of carboxylic acid groups (broad SMARTS) is 1. The molecule has 0 saturated carbocycles. The van der Waals surface area contributed by atoms with Crippen LogP contribution in [-0.2, 0) is 4.79 Å². The lowest BCUT2D eigenvalue weighted by molar-refractivity contribution is -0.137. The van der Waals surface area contributed by atoms with Crippen molar-refractivity contribution in [1.82, 2.24) is 9.36 Å². The van der Waals surface area contributed by atoms with Gasteiger partial charge in [-0.3, -0.25) is 4.79 Å². The molecule has 8 heteroatoms. The van der Waals surface area contributed by atoms with Crippen molar-refractivity contribution in [2.45, 2.75) is 53.4 Å². The van der Waals surface area contributed by atoms with Crippen LogP contribution in [0.3, 0.4) is 0 Å². The van der Waals surface area contributed by atoms with E-state index in [0.717, 1.165) is 36.4 Å². The standard InChI is InChI=1S/C21H31ClN4O2S/c1-6-15(10-19(27)28)16-7-8-18(26(11-13(2)3)12-14(4)5)17(9-16)23-21-24-20(22)25-29-21/h7-9,13-15H,6,10-12H2,1-5H3,(H,27,28)(H,23,24,25)/t15-/m1/s1. The van der Waals surface area contributed by atoms with E-state index < -0.39 is 5.97 Å². The average molecular weight is 439 g/mol. The van der Waals surface area contributed by atoms with E-state index in [1.54, 1.807) is 0 Å². The fourth-order valence-electron chi connectivity index (χ4n) is 3.42. The molecule has 0 aliphatic rings. The fraction of sp³-hybridized carbons (Fsp3) is 0.571. The van der Waals surface area contributed by atoms with Crippen molar-refractivity contribution >= 4 is 45.6 Å². The van der Waals surface area contributed by atoms with Crippen molar-refractivity contribution in [2.75, 3.05) is 23.3 Å². The van der Waals surface area contributed by atoms with Crippen molar-refractivity contribution in [3.63, 3.8) is 0 Å². The molecule has 0 bridgehead atoms. The summed E-state index contributed by atoms with van der Waals surface area (Å²) in [6, 6.07) is 6.20. The van der Waals surface area contributed by atoms with E-state index in [4.69, 9.17) is 11.6 Å². The molecule has 29 heavy (non-hydrogen) atoms. The van der Waals surface area contributed by atoms with E-state index in [-0.39, 0.29) is 17.6 Å². The highest BCUT2D eigenvalue weighted by molar-refractivity contribution is 7.10. The van der Waals surface area contributed by atoms with Gasteiger partial charge in [0, 0.05) is 24.6 Å². The number of anilines is 3. The monoisotopic (exact) mass is 438 g/mol. The minimum Gasteiger partial charge on any atom is -0.481 e. The number of carboxylic acids is 1. The van der Waals surface area contributed by atoms with E-state index in [1.807, 2.05) is 6.92 Å². The first-order chi connectivity index (χ1) is 13.7. The van der Waals surface area contributed by atoms with Crippen molar-refractivity contribution in [2.24, 2.45) is 11.8 Å². The first-order valence-corrected chi connectivity index (χ1v) is 11.2. The summed E-state index contributed by atoms with van der Waals surface area (Å²) in [4.78, 5) is 17.9. The van der Waals surface area contributed by atoms with Crippen molar-refractivity contribution in [1.29, 1.82) is 0 Å². The minimum atomic E-state index is -0.785. The average Bonchev–Trinajstić information content (AvgIpc) is 3.03. The second kappa shape index (κ2) is 10.8. The van der Waals surface area contributed by atoms with Crippen molar-refractivity contribution < 1.29 is 9.90 Å². The number of hydrogen-bond donors (Lipinski definition) is 2. The normalized spacial score (nSPS) is 12.4. The molecule has 0 saturated heterocycles. The Labute approximate surface area is 182 Å². The summed E-state index contributed by atoms with van der Waals surface area (Å²) in [6.07, 6.45) is 0.874. The van der Waals surface area contributed by atoms with Gasteiger partial charge in [-0.15, -0.1) is 0 Å². The number of aliphatic carboxylic acids is 1. The van der Waals surface area contributed by atoms with Gasteiger partial charge in [0.2, 0.25) is 10.4 Å². The largest absolute Gasteiger partial charge is 0.481 e. The Bertz CT molecular complexity index is 800. The first-order valence-electron chi connectivity index (χ1n) is 10.1. The zero-order chi connectivity index (χ0) is 21.6. The molecule has 0 aliphatic heterocycles. The molecule has 0 fully saturated rings. The van der Waals surface area contributed by atoms with Crippen molar-refractivity contribution in [3.8, 4) is 0 Å². The maximum atomic E-state index is 11.3. The van der Waals surface area contributed by atoms with Gasteiger partial charge in [0.25, 0.3) is 0 Å². The number of carbonyl (C=O) groups is 1. The van der Waals surface area contributed by atoms with Gasteiger partial charge in [-0.05, 0) is 53.5 Å². The maximum Gasteiger partial charge on any atom is 0.303 e. The van der Waals surface area contributed by atoms with Crippen LogP contribution in [0.15, 0.2) is 18.2 Å². The molecule has 2 rings (SSSR count). The summed E-state index contributed by atoms with van der Waals surface area (Å²) in [7, 11) is 0. The van der Waals surface area contributed by atoms with Crippen LogP contribution in [0.5, 0.6) is 0 Å². The molecule has 2 aromatic rings. The third-order valence-corrected chi connectivity index (χ3v) is 5.46. The van der Waals surface area contributed by atoms with Crippen LogP contribution in [0.25, 0.3) is 0 Å². The number of nitrogens with zero attached hydrogens (tertiary/aromatic N) is 3. The lowest BCUT2D eigenvalue weighted by Gasteiger charge is -2.31. The minimum absolute atomic E-state index is 0.0382. The molecule has 6 nitrogen and oxygen atoms in total. The Morgan fingerprint density at radius 2 is 1.90 bits per heavy atom. The van der Waals surface area contributed by atoms with Crippen LogP contribution in [-0.4, -0.2) is 33.5 Å². The molecule has 0 unspecified atom stereocenters. The first kappa shape index (κ1) is 23.4. The van der Waals surface area contributed by atoms with E-state index in [2.05, 4.69) is 65.5 Å². The highest BCUT2D eigenvalue weighted by Gasteiger charge is 2.20. The van der Waals surface area contributed by atoms with E-state index in [9.17, 15) is 9.90 Å². The molecule has 1 aromatic carbocycles. The SMILES string of the molecule is CC[C@H](CC(=O)O)c1ccc(N(CC(C)C)CC(C)C)c(Nc2nc(Cl)ns2)c1. The summed E-state index contributed by atoms with van der Waals surface area (Å²) < 4.78 is 4.04. The number of hydrogen-bond acceptors (Lipinski definition) is 6. The molecular weight excluding hydrogens is 408 g/mol. The van der Waals surface area contributed by atoms with Gasteiger partial charge < -0.3 is 15.3 Å². The molecule has 1 aromatic heterocycles. The highest BCUT2D eigenvalue weighted by Crippen LogP contribution is 2.35. The van der Waals surface area contributed by atoms with E-state index in [1.165, 1.54) is 11.5 Å². The summed E-state index contributed by atoms with van der Waals surface area (Å²) >= 11 is 7.11. The molecule has 1 atom stereocenters. The Balaban J connectivity index is 2.47. The number of nitrogens with one attached hydrogen (secondary N) is 1. The molecule has 2 N–H and O–H groups in total. The molecule has 0 amide bonds. The summed E-state index contributed by atoms with van der Waals surface area (Å²) in [6.45, 7) is 12.7. The zero-order valence-electron chi connectivity index (χ0n) is 17.8. The molecule has 0 radical (unpaired) electrons. The predicted molar refractivity (Wildman–Crippen MR) is 122 cm³/mol. The number of aromatic nitrogens is 2. The van der Waals surface area contributed by atoms with Crippen molar-refractivity contribution in [3.05, 3.63) is 29.0 Å². The van der Waals surface area contributed by atoms with E-state index in [0.29, 0.717) is 17.0 Å². The second-order valence-corrected chi connectivity index (χ2v) is 9.26. The predicted octanol–water partition coefficient (Wildman–Crippen LogP) is 6.02. The van der Waals surface area contributed by atoms with Gasteiger partial charge >= 0.3 is 5.97 Å². The van der Waals surface area contributed by atoms with E-state index >= 15 is 0 Å². The van der Waals surface area contributed by atoms with Gasteiger partial charge in [0.05, 0.1) is 17.8 Å². The molecule has 0 aliphatic carbocycles. The van der Waals surface area contributed by atoms with Gasteiger partial charge in [-0.2, -0.15) is 9.36 Å². The van der Waals surface area contributed by atoms with Gasteiger partial charge in [0.15, 0.2) is 0 Å². The lowest BCUT2D eigenvalue weighted by Crippen LogP contribution is -2.31. The van der Waals surface area contributed by atoms with Crippen LogP contribution in [0.1, 0.15) is 58.9 Å². The molecular formula is C21H31ClN4O2S. The van der Waals surface area contributed by atoms with Crippen LogP contribution in [0.2, 0.25) is 5.28 Å². The Kier molecular flexibility index (Phi) is 8.71. The second-order valence-electron chi connectivity index (χ2n) is 8.17. The highest BCUT2D eigenvalue weighted by atomic mass is 35.5. The van der Waals surface area contributed by atoms with Crippen LogP contribution < -0.4 is 10.2 Å². The summed E-state index contributed by atoms with van der Waals surface area (Å²) in [5.74, 6) is 0.191. The van der Waals surface area contributed by atoms with Crippen LogP contribution >= 0.6 is 23.1 Å². The fourth-order valence-corrected chi connectivity index (χ4v) is 4.14. The van der Waals surface area contributed by atoms with Gasteiger partial charge in [0.1, 0.15) is 0 Å². The number of rotatable bonds is 11. The van der Waals surface area contributed by atoms with Crippen LogP contribution in [0.4, 0.5) is 16.5 Å². The quantitative estimate of drug-likeness (QED) is 0.446. The summed E-state index contributed by atoms with van der Waals surface area (Å²) in [5, 5.41) is 13.5. The molecule has 0 spiro atoms. The lowest BCUT2D eigenvalue weighted by atomic mass is 9.92. The Morgan fingerprint density at radius 1 is 1.24 bits per heavy atom. The van der Waals surface area contributed by atoms with Gasteiger partial charge in [-0.25, -0.2) is 0 Å². The maximum absolute atomic E-state index is 11.3. The van der Waals surface area contributed by atoms with Gasteiger partial charge in [-0.1, -0.05) is 40.7 Å². The third kappa shape index (κ3) is 7.16. The molecule has 1 heterocycles. The Hall–Kier alpha value is -1.86. The topological polar surface area (TPSA) is 78.4 Å². The Morgan fingerprint density at radius 3 is 2.38 bits per heavy atom. The van der Waals surface area contributed by atoms with Crippen LogP contribution in [0, 0.1) is 11.8 Å². The third-order valence-electron chi connectivity index (χ3n) is 4.56. The molecule has 160 valence electrons. The number of halogens is 1. The zero-order valence-corrected chi connectivity index (χ0v) is 19.3. The number of benzene rings is 1. The summed E-state index contributed by atoms with van der Waals surface area (Å²) in [5.41, 5.74) is 2.99.